The van der Waals surface area contributed by atoms with Crippen molar-refractivity contribution in [1.29, 1.82) is 0 Å². The van der Waals surface area contributed by atoms with Gasteiger partial charge in [0, 0.05) is 30.4 Å². The highest BCUT2D eigenvalue weighted by molar-refractivity contribution is 5.75. The fraction of sp³-hybridized carbons (Fsp3) is 0. The number of tetrazole rings is 1. The Morgan fingerprint density at radius 2 is 1.24 bits per heavy atom. The second-order valence-corrected chi connectivity index (χ2v) is 6.12. The number of aromatic amines is 1. The van der Waals surface area contributed by atoms with Gasteiger partial charge in [-0.2, -0.15) is 5.21 Å². The van der Waals surface area contributed by atoms with Gasteiger partial charge in [-0.05, 0) is 28.5 Å². The number of benzene rings is 1. The molecule has 5 rings (SSSR count). The van der Waals surface area contributed by atoms with Crippen molar-refractivity contribution < 1.29 is 0 Å². The molecule has 0 atom stereocenters. The zero-order valence-electron chi connectivity index (χ0n) is 15.0. The van der Waals surface area contributed by atoms with Crippen LogP contribution in [0.3, 0.4) is 0 Å². The average Bonchev–Trinajstić information content (AvgIpc) is 3.35. The molecule has 0 radical (unpaired) electrons. The Kier molecular flexibility index (Phi) is 4.22. The number of nitrogens with one attached hydrogen (secondary N) is 1. The SMILES string of the molecule is c1cnc(-c2cc(-c3ccc(-c4nn[nH]n4)cc3)cc(-c3cnccn3)n2)cn1. The van der Waals surface area contributed by atoms with E-state index in [1.54, 1.807) is 37.2 Å². The second-order valence-electron chi connectivity index (χ2n) is 6.12. The van der Waals surface area contributed by atoms with E-state index in [1.807, 2.05) is 36.4 Å². The highest BCUT2D eigenvalue weighted by atomic mass is 15.5. The molecule has 0 bridgehead atoms. The largest absolute Gasteiger partial charge is 0.261 e. The molecule has 0 amide bonds. The van der Waals surface area contributed by atoms with Gasteiger partial charge in [0.2, 0.25) is 5.82 Å². The van der Waals surface area contributed by atoms with Gasteiger partial charge >= 0.3 is 0 Å². The summed E-state index contributed by atoms with van der Waals surface area (Å²) in [5.41, 5.74) is 5.64. The Hall–Kier alpha value is -4.40. The van der Waals surface area contributed by atoms with Gasteiger partial charge in [0.15, 0.2) is 0 Å². The van der Waals surface area contributed by atoms with Crippen LogP contribution in [0.1, 0.15) is 0 Å². The van der Waals surface area contributed by atoms with Crippen molar-refractivity contribution in [3.63, 3.8) is 0 Å². The molecule has 0 saturated heterocycles. The van der Waals surface area contributed by atoms with E-state index in [-0.39, 0.29) is 0 Å². The Balaban J connectivity index is 1.62. The van der Waals surface area contributed by atoms with Gasteiger partial charge in [-0.25, -0.2) is 4.98 Å². The van der Waals surface area contributed by atoms with Crippen molar-refractivity contribution in [1.82, 2.24) is 45.5 Å². The average molecular weight is 379 g/mol. The lowest BCUT2D eigenvalue weighted by atomic mass is 10.0. The number of aromatic nitrogens is 9. The van der Waals surface area contributed by atoms with Crippen molar-refractivity contribution >= 4 is 0 Å². The van der Waals surface area contributed by atoms with Crippen molar-refractivity contribution in [3.05, 3.63) is 73.6 Å². The third-order valence-corrected chi connectivity index (χ3v) is 4.30. The first-order valence-corrected chi connectivity index (χ1v) is 8.76. The van der Waals surface area contributed by atoms with Crippen LogP contribution >= 0.6 is 0 Å². The second kappa shape index (κ2) is 7.31. The number of pyridine rings is 1. The molecule has 9 heteroatoms. The maximum Gasteiger partial charge on any atom is 0.204 e. The Morgan fingerprint density at radius 3 is 1.76 bits per heavy atom. The fourth-order valence-electron chi connectivity index (χ4n) is 2.92. The van der Waals surface area contributed by atoms with Gasteiger partial charge in [0.1, 0.15) is 11.4 Å². The van der Waals surface area contributed by atoms with Gasteiger partial charge in [-0.15, -0.1) is 10.2 Å². The maximum absolute atomic E-state index is 4.72. The normalized spacial score (nSPS) is 10.8. The molecule has 4 heterocycles. The first-order chi connectivity index (χ1) is 14.4. The lowest BCUT2D eigenvalue weighted by Gasteiger charge is -2.09. The number of nitrogens with zero attached hydrogens (tertiary/aromatic N) is 8. The molecule has 5 aromatic rings. The van der Waals surface area contributed by atoms with Crippen LogP contribution in [0.5, 0.6) is 0 Å². The molecule has 4 aromatic heterocycles. The molecule has 0 aliphatic heterocycles. The molecule has 0 unspecified atom stereocenters. The first-order valence-electron chi connectivity index (χ1n) is 8.76. The standard InChI is InChI=1S/C20H13N9/c1-3-14(20-26-28-29-27-20)4-2-13(1)15-9-16(18-11-21-5-7-23-18)25-17(10-15)19-12-22-6-8-24-19/h1-12H,(H,26,27,28,29). The zero-order chi connectivity index (χ0) is 19.5. The Morgan fingerprint density at radius 1 is 0.621 bits per heavy atom. The summed E-state index contributed by atoms with van der Waals surface area (Å²) >= 11 is 0. The van der Waals surface area contributed by atoms with Gasteiger partial charge in [-0.3, -0.25) is 19.9 Å². The van der Waals surface area contributed by atoms with Crippen molar-refractivity contribution in [2.75, 3.05) is 0 Å². The monoisotopic (exact) mass is 379 g/mol. The highest BCUT2D eigenvalue weighted by Gasteiger charge is 2.11. The predicted octanol–water partition coefficient (Wildman–Crippen LogP) is 2.84. The molecular formula is C20H13N9. The molecule has 138 valence electrons. The number of rotatable bonds is 4. The number of hydrogen-bond donors (Lipinski definition) is 1. The third-order valence-electron chi connectivity index (χ3n) is 4.30. The summed E-state index contributed by atoms with van der Waals surface area (Å²) < 4.78 is 0. The van der Waals surface area contributed by atoms with E-state index in [0.29, 0.717) is 28.6 Å². The van der Waals surface area contributed by atoms with E-state index in [4.69, 9.17) is 4.98 Å². The van der Waals surface area contributed by atoms with Crippen LogP contribution in [0.15, 0.2) is 73.6 Å². The summed E-state index contributed by atoms with van der Waals surface area (Å²) in [6.45, 7) is 0. The van der Waals surface area contributed by atoms with Crippen LogP contribution in [0, 0.1) is 0 Å². The van der Waals surface area contributed by atoms with Crippen LogP contribution in [-0.4, -0.2) is 45.5 Å². The fourth-order valence-corrected chi connectivity index (χ4v) is 2.92. The lowest BCUT2D eigenvalue weighted by Crippen LogP contribution is -1.95. The lowest BCUT2D eigenvalue weighted by molar-refractivity contribution is 0.881. The van der Waals surface area contributed by atoms with Crippen LogP contribution in [0.4, 0.5) is 0 Å². The third kappa shape index (κ3) is 3.44. The molecule has 0 aliphatic carbocycles. The van der Waals surface area contributed by atoms with Gasteiger partial charge in [0.05, 0.1) is 23.8 Å². The summed E-state index contributed by atoms with van der Waals surface area (Å²) in [5.74, 6) is 0.548. The van der Waals surface area contributed by atoms with Crippen LogP contribution in [0.2, 0.25) is 0 Å². The predicted molar refractivity (Wildman–Crippen MR) is 105 cm³/mol. The van der Waals surface area contributed by atoms with Crippen molar-refractivity contribution in [3.8, 4) is 45.3 Å². The van der Waals surface area contributed by atoms with Gasteiger partial charge in [-0.1, -0.05) is 24.3 Å². The maximum atomic E-state index is 4.72. The first kappa shape index (κ1) is 16.8. The molecule has 0 saturated carbocycles. The van der Waals surface area contributed by atoms with Crippen LogP contribution in [0.25, 0.3) is 45.3 Å². The molecule has 0 fully saturated rings. The molecule has 1 aromatic carbocycles. The van der Waals surface area contributed by atoms with Gasteiger partial charge < -0.3 is 0 Å². The minimum Gasteiger partial charge on any atom is -0.261 e. The topological polar surface area (TPSA) is 119 Å². The number of hydrogen-bond acceptors (Lipinski definition) is 8. The smallest absolute Gasteiger partial charge is 0.204 e. The number of H-pyrrole nitrogens is 1. The minimum atomic E-state index is 0.548. The van der Waals surface area contributed by atoms with Crippen LogP contribution in [-0.2, 0) is 0 Å². The zero-order valence-corrected chi connectivity index (χ0v) is 15.0. The van der Waals surface area contributed by atoms with Crippen molar-refractivity contribution in [2.24, 2.45) is 0 Å². The summed E-state index contributed by atoms with van der Waals surface area (Å²) in [5, 5.41) is 14.1. The Labute approximate surface area is 165 Å². The molecule has 0 spiro atoms. The van der Waals surface area contributed by atoms with E-state index >= 15 is 0 Å². The molecule has 9 nitrogen and oxygen atoms in total. The minimum absolute atomic E-state index is 0.548. The molecule has 1 N–H and O–H groups in total. The van der Waals surface area contributed by atoms with Crippen LogP contribution < -0.4 is 0 Å². The highest BCUT2D eigenvalue weighted by Crippen LogP contribution is 2.29. The molecule has 0 aliphatic rings. The van der Waals surface area contributed by atoms with E-state index < -0.39 is 0 Å². The van der Waals surface area contributed by atoms with E-state index in [1.165, 1.54) is 0 Å². The van der Waals surface area contributed by atoms with E-state index in [0.717, 1.165) is 16.7 Å². The summed E-state index contributed by atoms with van der Waals surface area (Å²) in [6, 6.07) is 11.9. The Bertz CT molecular complexity index is 1160. The van der Waals surface area contributed by atoms with E-state index in [2.05, 4.69) is 40.6 Å². The van der Waals surface area contributed by atoms with E-state index in [9.17, 15) is 0 Å². The van der Waals surface area contributed by atoms with Crippen molar-refractivity contribution in [2.45, 2.75) is 0 Å². The summed E-state index contributed by atoms with van der Waals surface area (Å²) in [4.78, 5) is 21.8. The molecular weight excluding hydrogens is 366 g/mol. The summed E-state index contributed by atoms with van der Waals surface area (Å²) in [6.07, 6.45) is 9.93. The summed E-state index contributed by atoms with van der Waals surface area (Å²) in [7, 11) is 0. The quantitative estimate of drug-likeness (QED) is 0.506. The van der Waals surface area contributed by atoms with Gasteiger partial charge in [0.25, 0.3) is 0 Å². The molecule has 29 heavy (non-hydrogen) atoms.